The summed E-state index contributed by atoms with van der Waals surface area (Å²) in [4.78, 5) is 9.91. The molecule has 1 aromatic rings. The van der Waals surface area contributed by atoms with Crippen LogP contribution < -0.4 is 16.2 Å². The Morgan fingerprint density at radius 1 is 1.24 bits per heavy atom. The first-order valence-electron chi connectivity index (χ1n) is 7.12. The average Bonchev–Trinajstić information content (AvgIpc) is 2.92. The maximum absolute atomic E-state index is 12.1. The maximum Gasteiger partial charge on any atom is 0.573 e. The van der Waals surface area contributed by atoms with Crippen LogP contribution in [0.15, 0.2) is 45.9 Å². The SMILES string of the molecule is CC1=CCN(C(N)=NC(N)=NCc2ccc(OC(F)(F)F)cc2)C1.Cl. The molecule has 0 saturated heterocycles. The number of hydrogen-bond acceptors (Lipinski definition) is 2. The van der Waals surface area contributed by atoms with Gasteiger partial charge >= 0.3 is 6.36 Å². The van der Waals surface area contributed by atoms with E-state index in [4.69, 9.17) is 11.5 Å². The van der Waals surface area contributed by atoms with Gasteiger partial charge in [0, 0.05) is 13.1 Å². The normalized spacial score (nSPS) is 15.7. The molecular formula is C15H19ClF3N5O. The van der Waals surface area contributed by atoms with Crippen LogP contribution in [0.1, 0.15) is 12.5 Å². The second-order valence-electron chi connectivity index (χ2n) is 5.27. The first kappa shape index (κ1) is 20.6. The molecule has 1 aliphatic rings. The average molecular weight is 378 g/mol. The van der Waals surface area contributed by atoms with Crippen molar-refractivity contribution in [1.29, 1.82) is 0 Å². The molecule has 0 aromatic heterocycles. The van der Waals surface area contributed by atoms with Gasteiger partial charge in [0.1, 0.15) is 5.75 Å². The van der Waals surface area contributed by atoms with Gasteiger partial charge in [-0.3, -0.25) is 0 Å². The lowest BCUT2D eigenvalue weighted by molar-refractivity contribution is -0.274. The molecule has 10 heteroatoms. The molecule has 0 atom stereocenters. The maximum atomic E-state index is 12.1. The van der Waals surface area contributed by atoms with Crippen LogP contribution in [0.2, 0.25) is 0 Å². The summed E-state index contributed by atoms with van der Waals surface area (Å²) in [5, 5.41) is 0. The predicted molar refractivity (Wildman–Crippen MR) is 92.7 cm³/mol. The summed E-state index contributed by atoms with van der Waals surface area (Å²) in [5.41, 5.74) is 13.4. The Morgan fingerprint density at radius 3 is 2.40 bits per heavy atom. The summed E-state index contributed by atoms with van der Waals surface area (Å²) in [6.07, 6.45) is -2.67. The van der Waals surface area contributed by atoms with Crippen LogP contribution in [-0.4, -0.2) is 36.3 Å². The van der Waals surface area contributed by atoms with Gasteiger partial charge in [-0.05, 0) is 24.6 Å². The molecule has 0 aliphatic carbocycles. The van der Waals surface area contributed by atoms with E-state index in [2.05, 4.69) is 14.7 Å². The Bertz CT molecular complexity index is 671. The Kier molecular flexibility index (Phi) is 7.10. The number of guanidine groups is 2. The number of nitrogens with two attached hydrogens (primary N) is 2. The summed E-state index contributed by atoms with van der Waals surface area (Å²) >= 11 is 0. The quantitative estimate of drug-likeness (QED) is 0.481. The molecule has 1 heterocycles. The first-order valence-corrected chi connectivity index (χ1v) is 7.12. The molecule has 1 aromatic carbocycles. The van der Waals surface area contributed by atoms with Gasteiger partial charge in [-0.15, -0.1) is 25.6 Å². The summed E-state index contributed by atoms with van der Waals surface area (Å²) in [7, 11) is 0. The van der Waals surface area contributed by atoms with Crippen molar-refractivity contribution in [2.75, 3.05) is 13.1 Å². The molecule has 0 bridgehead atoms. The van der Waals surface area contributed by atoms with E-state index in [0.717, 1.165) is 0 Å². The minimum Gasteiger partial charge on any atom is -0.406 e. The van der Waals surface area contributed by atoms with Gasteiger partial charge in [0.15, 0.2) is 5.96 Å². The third kappa shape index (κ3) is 6.92. The van der Waals surface area contributed by atoms with Crippen LogP contribution in [0.5, 0.6) is 5.75 Å². The van der Waals surface area contributed by atoms with E-state index < -0.39 is 6.36 Å². The van der Waals surface area contributed by atoms with E-state index in [1.807, 2.05) is 17.9 Å². The molecule has 4 N–H and O–H groups in total. The number of aliphatic imine (C=N–C) groups is 2. The second kappa shape index (κ2) is 8.61. The number of ether oxygens (including phenoxy) is 1. The second-order valence-corrected chi connectivity index (χ2v) is 5.27. The van der Waals surface area contributed by atoms with Crippen molar-refractivity contribution < 1.29 is 17.9 Å². The van der Waals surface area contributed by atoms with Gasteiger partial charge in [0.25, 0.3) is 0 Å². The fourth-order valence-electron chi connectivity index (χ4n) is 2.06. The molecule has 0 radical (unpaired) electrons. The van der Waals surface area contributed by atoms with E-state index in [9.17, 15) is 13.2 Å². The summed E-state index contributed by atoms with van der Waals surface area (Å²) in [5.74, 6) is -0.00619. The lowest BCUT2D eigenvalue weighted by Crippen LogP contribution is -2.37. The van der Waals surface area contributed by atoms with Crippen molar-refractivity contribution in [1.82, 2.24) is 4.90 Å². The smallest absolute Gasteiger partial charge is 0.406 e. The molecule has 0 fully saturated rings. The largest absolute Gasteiger partial charge is 0.573 e. The van der Waals surface area contributed by atoms with Crippen molar-refractivity contribution in [2.24, 2.45) is 21.5 Å². The topological polar surface area (TPSA) is 89.2 Å². The molecule has 25 heavy (non-hydrogen) atoms. The van der Waals surface area contributed by atoms with Crippen LogP contribution in [0.3, 0.4) is 0 Å². The number of rotatable bonds is 3. The standard InChI is InChI=1S/C15H18F3N5O.ClH/c1-10-6-7-23(9-10)14(20)22-13(19)21-8-11-2-4-12(5-3-11)24-15(16,17)18;/h2-6H,7-9H2,1H3,(H4,19,20,21,22);1H. The highest BCUT2D eigenvalue weighted by Crippen LogP contribution is 2.22. The third-order valence-corrected chi connectivity index (χ3v) is 3.23. The van der Waals surface area contributed by atoms with E-state index in [1.54, 1.807) is 0 Å². The summed E-state index contributed by atoms with van der Waals surface area (Å²) in [6, 6.07) is 5.37. The molecule has 0 saturated carbocycles. The number of benzene rings is 1. The fourth-order valence-corrected chi connectivity index (χ4v) is 2.06. The Balaban J connectivity index is 0.00000312. The zero-order valence-electron chi connectivity index (χ0n) is 13.5. The molecule has 0 amide bonds. The van der Waals surface area contributed by atoms with Gasteiger partial charge in [-0.25, -0.2) is 4.99 Å². The zero-order valence-corrected chi connectivity index (χ0v) is 14.3. The predicted octanol–water partition coefficient (Wildman–Crippen LogP) is 2.40. The lowest BCUT2D eigenvalue weighted by atomic mass is 10.2. The van der Waals surface area contributed by atoms with Crippen molar-refractivity contribution in [2.45, 2.75) is 19.8 Å². The van der Waals surface area contributed by atoms with E-state index >= 15 is 0 Å². The zero-order chi connectivity index (χ0) is 17.7. The van der Waals surface area contributed by atoms with Crippen molar-refractivity contribution in [3.8, 4) is 5.75 Å². The van der Waals surface area contributed by atoms with Crippen LogP contribution in [-0.2, 0) is 6.54 Å². The number of halogens is 4. The molecular weight excluding hydrogens is 359 g/mol. The number of alkyl halides is 3. The van der Waals surface area contributed by atoms with Crippen molar-refractivity contribution in [3.63, 3.8) is 0 Å². The Labute approximate surface area is 149 Å². The highest BCUT2D eigenvalue weighted by atomic mass is 35.5. The lowest BCUT2D eigenvalue weighted by Gasteiger charge is -2.16. The van der Waals surface area contributed by atoms with Gasteiger partial charge in [-0.1, -0.05) is 23.8 Å². The van der Waals surface area contributed by atoms with Crippen LogP contribution in [0, 0.1) is 0 Å². The Hall–Kier alpha value is -2.42. The van der Waals surface area contributed by atoms with E-state index in [1.165, 1.54) is 29.8 Å². The summed E-state index contributed by atoms with van der Waals surface area (Å²) in [6.45, 7) is 3.54. The fraction of sp³-hybridized carbons (Fsp3) is 0.333. The van der Waals surface area contributed by atoms with Gasteiger partial charge in [0.05, 0.1) is 6.54 Å². The third-order valence-electron chi connectivity index (χ3n) is 3.23. The van der Waals surface area contributed by atoms with Gasteiger partial charge in [-0.2, -0.15) is 4.99 Å². The van der Waals surface area contributed by atoms with Crippen molar-refractivity contribution in [3.05, 3.63) is 41.5 Å². The highest BCUT2D eigenvalue weighted by Gasteiger charge is 2.30. The minimum absolute atomic E-state index is 0. The number of nitrogens with zero attached hydrogens (tertiary/aromatic N) is 3. The van der Waals surface area contributed by atoms with E-state index in [-0.39, 0.29) is 36.6 Å². The molecule has 1 aliphatic heterocycles. The molecule has 2 rings (SSSR count). The van der Waals surface area contributed by atoms with Crippen LogP contribution >= 0.6 is 12.4 Å². The van der Waals surface area contributed by atoms with Crippen molar-refractivity contribution >= 4 is 24.3 Å². The molecule has 0 spiro atoms. The molecule has 138 valence electrons. The molecule has 6 nitrogen and oxygen atoms in total. The molecule has 0 unspecified atom stereocenters. The van der Waals surface area contributed by atoms with Crippen LogP contribution in [0.4, 0.5) is 13.2 Å². The van der Waals surface area contributed by atoms with Gasteiger partial charge in [0.2, 0.25) is 5.96 Å². The van der Waals surface area contributed by atoms with Gasteiger partial charge < -0.3 is 21.1 Å². The highest BCUT2D eigenvalue weighted by molar-refractivity contribution is 5.93. The minimum atomic E-state index is -4.71. The Morgan fingerprint density at radius 2 is 1.88 bits per heavy atom. The first-order chi connectivity index (χ1) is 11.2. The number of hydrogen-bond donors (Lipinski definition) is 2. The summed E-state index contributed by atoms with van der Waals surface area (Å²) < 4.78 is 40.0. The van der Waals surface area contributed by atoms with E-state index in [0.29, 0.717) is 18.7 Å². The van der Waals surface area contributed by atoms with Crippen LogP contribution in [0.25, 0.3) is 0 Å². The monoisotopic (exact) mass is 377 g/mol.